The van der Waals surface area contributed by atoms with Gasteiger partial charge in [-0.1, -0.05) is 23.8 Å². The van der Waals surface area contributed by atoms with Crippen LogP contribution < -0.4 is 10.2 Å². The second-order valence-corrected chi connectivity index (χ2v) is 7.04. The maximum atomic E-state index is 13.7. The summed E-state index contributed by atoms with van der Waals surface area (Å²) < 4.78 is 55.8. The van der Waals surface area contributed by atoms with Crippen LogP contribution in [0.3, 0.4) is 0 Å². The molecule has 1 atom stereocenters. The summed E-state index contributed by atoms with van der Waals surface area (Å²) in [5, 5.41) is 7.49. The minimum Gasteiger partial charge on any atom is -0.354 e. The van der Waals surface area contributed by atoms with E-state index in [0.29, 0.717) is 29.4 Å². The van der Waals surface area contributed by atoms with Gasteiger partial charge < -0.3 is 10.2 Å². The Morgan fingerprint density at radius 1 is 1.31 bits per heavy atom. The van der Waals surface area contributed by atoms with Crippen molar-refractivity contribution in [3.8, 4) is 0 Å². The summed E-state index contributed by atoms with van der Waals surface area (Å²) in [6.07, 6.45) is 0.399. The first kappa shape index (κ1) is 17.4. The second-order valence-electron chi connectivity index (χ2n) is 6.61. The Morgan fingerprint density at radius 3 is 2.65 bits per heavy atom. The molecule has 2 aromatic rings. The van der Waals surface area contributed by atoms with Crippen LogP contribution in [0.25, 0.3) is 6.08 Å². The Morgan fingerprint density at radius 2 is 2.08 bits per heavy atom. The number of fused-ring (bicyclic) bond motifs is 1. The standard InChI is InChI=1S/C17H15ClF4N4/c18-12-2-3-14-11(5-12)1-4-15(17(20,21)22)25(14)10-16(8-23-9-16)26-7-13(19)6-24-26/h1-7,15,23H,8-10H2. The summed E-state index contributed by atoms with van der Waals surface area (Å²) in [4.78, 5) is 1.30. The van der Waals surface area contributed by atoms with E-state index in [0.717, 1.165) is 12.3 Å². The maximum absolute atomic E-state index is 13.7. The number of anilines is 1. The molecule has 1 aromatic heterocycles. The van der Waals surface area contributed by atoms with E-state index in [1.165, 1.54) is 21.9 Å². The molecular formula is C17H15ClF4N4. The van der Waals surface area contributed by atoms with Gasteiger partial charge in [0.1, 0.15) is 11.6 Å². The van der Waals surface area contributed by atoms with Gasteiger partial charge in [-0.3, -0.25) is 4.68 Å². The van der Waals surface area contributed by atoms with Gasteiger partial charge in [-0.05, 0) is 23.8 Å². The van der Waals surface area contributed by atoms with E-state index < -0.39 is 23.6 Å². The Hall–Kier alpha value is -2.06. The topological polar surface area (TPSA) is 33.1 Å². The molecule has 1 N–H and O–H groups in total. The monoisotopic (exact) mass is 386 g/mol. The fourth-order valence-corrected chi connectivity index (χ4v) is 3.66. The van der Waals surface area contributed by atoms with Crippen molar-refractivity contribution < 1.29 is 17.6 Å². The van der Waals surface area contributed by atoms with Crippen LogP contribution in [-0.4, -0.2) is 41.6 Å². The van der Waals surface area contributed by atoms with E-state index in [2.05, 4.69) is 10.4 Å². The van der Waals surface area contributed by atoms with E-state index in [4.69, 9.17) is 11.6 Å². The zero-order valence-electron chi connectivity index (χ0n) is 13.5. The van der Waals surface area contributed by atoms with Crippen molar-refractivity contribution in [3.63, 3.8) is 0 Å². The van der Waals surface area contributed by atoms with Crippen molar-refractivity contribution in [1.29, 1.82) is 0 Å². The van der Waals surface area contributed by atoms with Crippen molar-refractivity contribution in [2.75, 3.05) is 24.5 Å². The number of rotatable bonds is 3. The third-order valence-corrected chi connectivity index (χ3v) is 5.07. The molecule has 26 heavy (non-hydrogen) atoms. The van der Waals surface area contributed by atoms with E-state index >= 15 is 0 Å². The quantitative estimate of drug-likeness (QED) is 0.820. The van der Waals surface area contributed by atoms with Crippen LogP contribution in [0.15, 0.2) is 36.7 Å². The summed E-state index contributed by atoms with van der Waals surface area (Å²) in [5.41, 5.74) is 0.306. The Labute approximate surface area is 152 Å². The number of hydrogen-bond donors (Lipinski definition) is 1. The summed E-state index contributed by atoms with van der Waals surface area (Å²) in [6, 6.07) is 3.02. The third-order valence-electron chi connectivity index (χ3n) is 4.84. The van der Waals surface area contributed by atoms with Crippen LogP contribution in [0.1, 0.15) is 5.56 Å². The Kier molecular flexibility index (Phi) is 4.00. The average molecular weight is 387 g/mol. The highest BCUT2D eigenvalue weighted by atomic mass is 35.5. The lowest BCUT2D eigenvalue weighted by Crippen LogP contribution is -2.67. The van der Waals surface area contributed by atoms with Crippen molar-refractivity contribution in [2.24, 2.45) is 0 Å². The molecule has 2 aliphatic rings. The third kappa shape index (κ3) is 2.87. The Bertz CT molecular complexity index is 857. The second kappa shape index (κ2) is 5.99. The summed E-state index contributed by atoms with van der Waals surface area (Å²) in [7, 11) is 0. The number of nitrogens with zero attached hydrogens (tertiary/aromatic N) is 3. The molecule has 9 heteroatoms. The van der Waals surface area contributed by atoms with Gasteiger partial charge in [0.05, 0.1) is 12.4 Å². The van der Waals surface area contributed by atoms with Gasteiger partial charge in [-0.2, -0.15) is 18.3 Å². The zero-order valence-corrected chi connectivity index (χ0v) is 14.2. The van der Waals surface area contributed by atoms with Gasteiger partial charge in [0.15, 0.2) is 5.82 Å². The lowest BCUT2D eigenvalue weighted by Gasteiger charge is -2.48. The molecule has 1 unspecified atom stereocenters. The SMILES string of the molecule is Fc1cnn(C2(CN3c4ccc(Cl)cc4C=CC3C(F)(F)F)CNC2)c1. The van der Waals surface area contributed by atoms with Crippen molar-refractivity contribution in [2.45, 2.75) is 17.8 Å². The molecule has 1 aromatic carbocycles. The first-order valence-electron chi connectivity index (χ1n) is 8.01. The summed E-state index contributed by atoms with van der Waals surface area (Å²) in [6.45, 7) is 0.841. The van der Waals surface area contributed by atoms with Crippen LogP contribution in [0.2, 0.25) is 5.02 Å². The largest absolute Gasteiger partial charge is 0.412 e. The number of hydrogen-bond acceptors (Lipinski definition) is 3. The summed E-state index contributed by atoms with van der Waals surface area (Å²) >= 11 is 5.98. The minimum absolute atomic E-state index is 0.0320. The first-order chi connectivity index (χ1) is 12.3. The van der Waals surface area contributed by atoms with Crippen LogP contribution in [0, 0.1) is 5.82 Å². The van der Waals surface area contributed by atoms with Crippen LogP contribution in [-0.2, 0) is 5.54 Å². The molecule has 1 fully saturated rings. The van der Waals surface area contributed by atoms with Gasteiger partial charge in [0, 0.05) is 30.3 Å². The molecule has 3 heterocycles. The highest BCUT2D eigenvalue weighted by Crippen LogP contribution is 2.39. The van der Waals surface area contributed by atoms with Crippen LogP contribution in [0.4, 0.5) is 23.2 Å². The smallest absolute Gasteiger partial charge is 0.354 e. The van der Waals surface area contributed by atoms with Gasteiger partial charge in [0.25, 0.3) is 0 Å². The van der Waals surface area contributed by atoms with Crippen LogP contribution in [0.5, 0.6) is 0 Å². The molecule has 4 rings (SSSR count). The molecule has 0 bridgehead atoms. The van der Waals surface area contributed by atoms with Crippen molar-refractivity contribution in [1.82, 2.24) is 15.1 Å². The highest BCUT2D eigenvalue weighted by molar-refractivity contribution is 6.30. The number of alkyl halides is 3. The maximum Gasteiger partial charge on any atom is 0.412 e. The van der Waals surface area contributed by atoms with Crippen LogP contribution >= 0.6 is 11.6 Å². The molecule has 0 spiro atoms. The predicted octanol–water partition coefficient (Wildman–Crippen LogP) is 3.44. The number of halogens is 5. The zero-order chi connectivity index (χ0) is 18.5. The molecule has 0 saturated carbocycles. The molecule has 0 amide bonds. The van der Waals surface area contributed by atoms with Crippen molar-refractivity contribution >= 4 is 23.4 Å². The molecule has 138 valence electrons. The molecule has 1 saturated heterocycles. The lowest BCUT2D eigenvalue weighted by atomic mass is 9.89. The van der Waals surface area contributed by atoms with E-state index in [1.807, 2.05) is 0 Å². The molecular weight excluding hydrogens is 372 g/mol. The predicted molar refractivity (Wildman–Crippen MR) is 90.7 cm³/mol. The first-order valence-corrected chi connectivity index (χ1v) is 8.39. The van der Waals surface area contributed by atoms with Gasteiger partial charge in [-0.25, -0.2) is 4.39 Å². The minimum atomic E-state index is -4.44. The van der Waals surface area contributed by atoms with E-state index in [-0.39, 0.29) is 6.54 Å². The fraction of sp³-hybridized carbons (Fsp3) is 0.353. The van der Waals surface area contributed by atoms with Gasteiger partial charge in [-0.15, -0.1) is 0 Å². The summed E-state index contributed by atoms with van der Waals surface area (Å²) in [5.74, 6) is -0.519. The molecule has 0 radical (unpaired) electrons. The number of nitrogens with one attached hydrogen (secondary N) is 1. The molecule has 2 aliphatic heterocycles. The van der Waals surface area contributed by atoms with Gasteiger partial charge >= 0.3 is 6.18 Å². The number of benzene rings is 1. The Balaban J connectivity index is 1.75. The average Bonchev–Trinajstić information content (AvgIpc) is 2.95. The fourth-order valence-electron chi connectivity index (χ4n) is 3.48. The highest BCUT2D eigenvalue weighted by Gasteiger charge is 2.49. The molecule has 4 nitrogen and oxygen atoms in total. The van der Waals surface area contributed by atoms with E-state index in [1.54, 1.807) is 18.2 Å². The lowest BCUT2D eigenvalue weighted by molar-refractivity contribution is -0.139. The normalized spacial score (nSPS) is 21.4. The van der Waals surface area contributed by atoms with E-state index in [9.17, 15) is 17.6 Å². The number of aromatic nitrogens is 2. The van der Waals surface area contributed by atoms with Crippen molar-refractivity contribution in [3.05, 3.63) is 53.1 Å². The van der Waals surface area contributed by atoms with Gasteiger partial charge in [0.2, 0.25) is 0 Å². The molecule has 0 aliphatic carbocycles.